The molecular weight excluding hydrogens is 188 g/mol. The minimum atomic E-state index is 0.199. The Morgan fingerprint density at radius 2 is 2.15 bits per heavy atom. The molecule has 6 heteroatoms. The Morgan fingerprint density at radius 1 is 1.38 bits per heavy atom. The van der Waals surface area contributed by atoms with Crippen molar-refractivity contribution in [1.29, 1.82) is 0 Å². The van der Waals surface area contributed by atoms with Crippen LogP contribution in [0.3, 0.4) is 0 Å². The molecule has 0 saturated heterocycles. The first-order valence-corrected chi connectivity index (χ1v) is 4.93. The first-order valence-electron chi connectivity index (χ1n) is 3.94. The van der Waals surface area contributed by atoms with Crippen molar-refractivity contribution in [2.75, 3.05) is 18.6 Å². The zero-order chi connectivity index (χ0) is 9.68. The van der Waals surface area contributed by atoms with Crippen molar-refractivity contribution in [3.05, 3.63) is 0 Å². The number of hydrogen-bond acceptors (Lipinski definition) is 6. The van der Waals surface area contributed by atoms with Crippen LogP contribution in [0.4, 0.5) is 5.95 Å². The molecule has 0 amide bonds. The van der Waals surface area contributed by atoms with E-state index >= 15 is 0 Å². The quantitative estimate of drug-likeness (QED) is 0.730. The van der Waals surface area contributed by atoms with Gasteiger partial charge < -0.3 is 10.5 Å². The Kier molecular flexibility index (Phi) is 3.75. The Hall–Kier alpha value is -1.04. The zero-order valence-corrected chi connectivity index (χ0v) is 8.47. The maximum absolute atomic E-state index is 5.45. The highest BCUT2D eigenvalue weighted by Crippen LogP contribution is 2.16. The Labute approximate surface area is 81.1 Å². The van der Waals surface area contributed by atoms with Gasteiger partial charge in [0.05, 0.1) is 7.11 Å². The van der Waals surface area contributed by atoms with Gasteiger partial charge in [0.1, 0.15) is 0 Å². The van der Waals surface area contributed by atoms with Gasteiger partial charge in [-0.05, 0) is 6.42 Å². The first-order chi connectivity index (χ1) is 6.26. The maximum Gasteiger partial charge on any atom is 0.321 e. The summed E-state index contributed by atoms with van der Waals surface area (Å²) in [6.07, 6.45) is 1.07. The second-order valence-electron chi connectivity index (χ2n) is 2.31. The summed E-state index contributed by atoms with van der Waals surface area (Å²) in [5, 5.41) is 0.617. The van der Waals surface area contributed by atoms with E-state index in [4.69, 9.17) is 10.5 Å². The van der Waals surface area contributed by atoms with E-state index in [1.54, 1.807) is 11.8 Å². The fraction of sp³-hybridized carbons (Fsp3) is 0.571. The Morgan fingerprint density at radius 3 is 2.77 bits per heavy atom. The number of nitrogens with two attached hydrogens (primary N) is 1. The third kappa shape index (κ3) is 3.06. The van der Waals surface area contributed by atoms with E-state index in [1.807, 2.05) is 0 Å². The van der Waals surface area contributed by atoms with Crippen LogP contribution in [0, 0.1) is 0 Å². The molecule has 1 heterocycles. The van der Waals surface area contributed by atoms with E-state index < -0.39 is 0 Å². The summed E-state index contributed by atoms with van der Waals surface area (Å²) in [7, 11) is 1.50. The van der Waals surface area contributed by atoms with E-state index in [2.05, 4.69) is 21.9 Å². The van der Waals surface area contributed by atoms with Gasteiger partial charge >= 0.3 is 6.01 Å². The molecule has 5 nitrogen and oxygen atoms in total. The van der Waals surface area contributed by atoms with Gasteiger partial charge in [-0.1, -0.05) is 18.7 Å². The van der Waals surface area contributed by atoms with Crippen LogP contribution >= 0.6 is 11.8 Å². The van der Waals surface area contributed by atoms with Gasteiger partial charge in [-0.25, -0.2) is 0 Å². The maximum atomic E-state index is 5.45. The van der Waals surface area contributed by atoms with E-state index in [-0.39, 0.29) is 12.0 Å². The topological polar surface area (TPSA) is 73.9 Å². The summed E-state index contributed by atoms with van der Waals surface area (Å²) in [5.41, 5.74) is 5.45. The van der Waals surface area contributed by atoms with Crippen molar-refractivity contribution in [2.24, 2.45) is 0 Å². The molecule has 0 aliphatic heterocycles. The summed E-state index contributed by atoms with van der Waals surface area (Å²) >= 11 is 1.54. The summed E-state index contributed by atoms with van der Waals surface area (Å²) < 4.78 is 4.86. The predicted molar refractivity (Wildman–Crippen MR) is 51.8 cm³/mol. The second-order valence-corrected chi connectivity index (χ2v) is 3.37. The fourth-order valence-corrected chi connectivity index (χ4v) is 1.39. The number of methoxy groups -OCH3 is 1. The fourth-order valence-electron chi connectivity index (χ4n) is 0.702. The van der Waals surface area contributed by atoms with Crippen LogP contribution in [0.1, 0.15) is 13.3 Å². The van der Waals surface area contributed by atoms with Gasteiger partial charge in [-0.2, -0.15) is 15.0 Å². The molecule has 0 saturated carbocycles. The molecule has 2 N–H and O–H groups in total. The number of rotatable bonds is 4. The standard InChI is InChI=1S/C7H12N4OS/c1-3-4-13-7-10-5(8)9-6(11-7)12-2/h3-4H2,1-2H3,(H2,8,9,10,11). The van der Waals surface area contributed by atoms with Crippen molar-refractivity contribution in [1.82, 2.24) is 15.0 Å². The smallest absolute Gasteiger partial charge is 0.321 e. The first kappa shape index (κ1) is 10.0. The number of thioether (sulfide) groups is 1. The molecule has 0 unspecified atom stereocenters. The summed E-state index contributed by atoms with van der Waals surface area (Å²) in [5.74, 6) is 1.16. The Bertz CT molecular complexity index is 281. The van der Waals surface area contributed by atoms with E-state index in [0.717, 1.165) is 12.2 Å². The lowest BCUT2D eigenvalue weighted by molar-refractivity contribution is 0.374. The van der Waals surface area contributed by atoms with Crippen molar-refractivity contribution in [3.63, 3.8) is 0 Å². The van der Waals surface area contributed by atoms with Crippen LogP contribution in [0.15, 0.2) is 5.16 Å². The van der Waals surface area contributed by atoms with Gasteiger partial charge in [0.15, 0.2) is 5.16 Å². The third-order valence-electron chi connectivity index (χ3n) is 1.23. The molecule has 0 aliphatic carbocycles. The molecule has 0 spiro atoms. The number of nitrogen functional groups attached to an aromatic ring is 1. The largest absolute Gasteiger partial charge is 0.467 e. The SMILES string of the molecule is CCCSc1nc(N)nc(OC)n1. The molecule has 0 radical (unpaired) electrons. The molecule has 13 heavy (non-hydrogen) atoms. The van der Waals surface area contributed by atoms with Crippen LogP contribution in [-0.2, 0) is 0 Å². The number of ether oxygens (including phenoxy) is 1. The van der Waals surface area contributed by atoms with Gasteiger partial charge in [-0.3, -0.25) is 0 Å². The van der Waals surface area contributed by atoms with Crippen LogP contribution < -0.4 is 10.5 Å². The van der Waals surface area contributed by atoms with Gasteiger partial charge in [-0.15, -0.1) is 0 Å². The van der Waals surface area contributed by atoms with Crippen molar-refractivity contribution >= 4 is 17.7 Å². The van der Waals surface area contributed by atoms with E-state index in [9.17, 15) is 0 Å². The molecule has 1 aromatic heterocycles. The van der Waals surface area contributed by atoms with E-state index in [1.165, 1.54) is 7.11 Å². The van der Waals surface area contributed by atoms with Crippen LogP contribution in [0.5, 0.6) is 6.01 Å². The number of anilines is 1. The second kappa shape index (κ2) is 4.86. The third-order valence-corrected chi connectivity index (χ3v) is 2.28. The molecular formula is C7H12N4OS. The van der Waals surface area contributed by atoms with Crippen molar-refractivity contribution in [2.45, 2.75) is 18.5 Å². The van der Waals surface area contributed by atoms with Crippen LogP contribution in [-0.4, -0.2) is 27.8 Å². The monoisotopic (exact) mass is 200 g/mol. The molecule has 72 valence electrons. The lowest BCUT2D eigenvalue weighted by Crippen LogP contribution is -2.02. The number of hydrogen-bond donors (Lipinski definition) is 1. The average molecular weight is 200 g/mol. The van der Waals surface area contributed by atoms with Gasteiger partial charge in [0, 0.05) is 5.75 Å². The van der Waals surface area contributed by atoms with Crippen molar-refractivity contribution in [3.8, 4) is 6.01 Å². The lowest BCUT2D eigenvalue weighted by Gasteiger charge is -2.01. The molecule has 1 aromatic rings. The highest BCUT2D eigenvalue weighted by molar-refractivity contribution is 7.99. The molecule has 1 rings (SSSR count). The predicted octanol–water partition coefficient (Wildman–Crippen LogP) is 0.965. The molecule has 0 atom stereocenters. The number of nitrogens with zero attached hydrogens (tertiary/aromatic N) is 3. The minimum absolute atomic E-state index is 0.199. The molecule has 0 aromatic carbocycles. The highest BCUT2D eigenvalue weighted by atomic mass is 32.2. The average Bonchev–Trinajstić information content (AvgIpc) is 2.14. The molecule has 0 fully saturated rings. The zero-order valence-electron chi connectivity index (χ0n) is 7.65. The highest BCUT2D eigenvalue weighted by Gasteiger charge is 2.03. The van der Waals surface area contributed by atoms with Crippen molar-refractivity contribution < 1.29 is 4.74 Å². The number of aromatic nitrogens is 3. The van der Waals surface area contributed by atoms with Gasteiger partial charge in [0.2, 0.25) is 5.95 Å². The summed E-state index contributed by atoms with van der Waals surface area (Å²) in [6, 6.07) is 0.270. The molecule has 0 aliphatic rings. The van der Waals surface area contributed by atoms with Crippen LogP contribution in [0.25, 0.3) is 0 Å². The normalized spacial score (nSPS) is 10.0. The van der Waals surface area contributed by atoms with Gasteiger partial charge in [0.25, 0.3) is 0 Å². The minimum Gasteiger partial charge on any atom is -0.467 e. The van der Waals surface area contributed by atoms with Crippen LogP contribution in [0.2, 0.25) is 0 Å². The lowest BCUT2D eigenvalue weighted by atomic mass is 10.6. The summed E-state index contributed by atoms with van der Waals surface area (Å²) in [4.78, 5) is 11.8. The van der Waals surface area contributed by atoms with E-state index in [0.29, 0.717) is 5.16 Å². The summed E-state index contributed by atoms with van der Waals surface area (Å²) in [6.45, 7) is 2.09. The molecule has 0 bridgehead atoms. The Balaban J connectivity index is 2.76.